The Morgan fingerprint density at radius 1 is 1.47 bits per heavy atom. The predicted molar refractivity (Wildman–Crippen MR) is 69.5 cm³/mol. The summed E-state index contributed by atoms with van der Waals surface area (Å²) in [6.45, 7) is 0. The summed E-state index contributed by atoms with van der Waals surface area (Å²) in [5, 5.41) is 3.49. The van der Waals surface area contributed by atoms with Crippen LogP contribution in [0.3, 0.4) is 0 Å². The lowest BCUT2D eigenvalue weighted by molar-refractivity contribution is 0.0933. The highest BCUT2D eigenvalue weighted by Gasteiger charge is 2.28. The molecule has 0 spiro atoms. The fourth-order valence-corrected chi connectivity index (χ4v) is 3.13. The molecule has 0 radical (unpaired) electrons. The molecule has 2 atom stereocenters. The van der Waals surface area contributed by atoms with Crippen LogP contribution in [-0.4, -0.2) is 28.4 Å². The first-order chi connectivity index (χ1) is 8.20. The smallest absolute Gasteiger partial charge is 0.268 e. The fourth-order valence-electron chi connectivity index (χ4n) is 2.20. The molecule has 2 unspecified atom stereocenters. The highest BCUT2D eigenvalue weighted by Crippen LogP contribution is 2.28. The minimum Gasteiger partial charge on any atom is -0.347 e. The van der Waals surface area contributed by atoms with E-state index in [0.29, 0.717) is 10.9 Å². The monoisotopic (exact) mass is 252 g/mol. The summed E-state index contributed by atoms with van der Waals surface area (Å²) in [7, 11) is 0. The van der Waals surface area contributed by atoms with Crippen molar-refractivity contribution in [3.63, 3.8) is 0 Å². The van der Waals surface area contributed by atoms with Gasteiger partial charge in [-0.05, 0) is 25.2 Å². The zero-order valence-electron chi connectivity index (χ0n) is 9.73. The van der Waals surface area contributed by atoms with E-state index in [4.69, 9.17) is 0 Å². The van der Waals surface area contributed by atoms with Gasteiger partial charge in [-0.2, -0.15) is 11.8 Å². The van der Waals surface area contributed by atoms with Gasteiger partial charge in [0.15, 0.2) is 0 Å². The molecule has 1 saturated carbocycles. The third-order valence-corrected chi connectivity index (χ3v) is 4.25. The first-order valence-electron chi connectivity index (χ1n) is 5.73. The number of aromatic nitrogens is 1. The number of nitrogens with one attached hydrogen (secondary N) is 2. The number of hydrogen-bond donors (Lipinski definition) is 2. The van der Waals surface area contributed by atoms with Crippen LogP contribution in [0.1, 0.15) is 29.8 Å². The van der Waals surface area contributed by atoms with Gasteiger partial charge in [-0.25, -0.2) is 0 Å². The second kappa shape index (κ2) is 5.40. The van der Waals surface area contributed by atoms with Gasteiger partial charge >= 0.3 is 0 Å². The van der Waals surface area contributed by atoms with Crippen molar-refractivity contribution >= 4 is 17.7 Å². The number of pyridine rings is 1. The van der Waals surface area contributed by atoms with Crippen LogP contribution >= 0.6 is 11.8 Å². The Morgan fingerprint density at radius 3 is 3.00 bits per heavy atom. The Labute approximate surface area is 104 Å². The summed E-state index contributed by atoms with van der Waals surface area (Å²) in [5.74, 6) is -0.186. The maximum absolute atomic E-state index is 11.9. The third-order valence-electron chi connectivity index (χ3n) is 3.08. The summed E-state index contributed by atoms with van der Waals surface area (Å²) in [4.78, 5) is 25.6. The van der Waals surface area contributed by atoms with Crippen molar-refractivity contribution in [2.45, 2.75) is 30.6 Å². The molecule has 0 aromatic carbocycles. The van der Waals surface area contributed by atoms with Gasteiger partial charge in [-0.1, -0.05) is 12.5 Å². The van der Waals surface area contributed by atoms with Gasteiger partial charge < -0.3 is 10.3 Å². The molecule has 0 bridgehead atoms. The standard InChI is InChI=1S/C12H16N2O2S/c1-17-10-6-2-4-8(10)14-12(16)9-5-3-7-11(15)13-9/h3,5,7-8,10H,2,4,6H2,1H3,(H,13,15)(H,14,16). The Balaban J connectivity index is 2.04. The molecule has 92 valence electrons. The van der Waals surface area contributed by atoms with Gasteiger partial charge in [-0.3, -0.25) is 9.59 Å². The second-order valence-electron chi connectivity index (χ2n) is 4.21. The molecule has 1 fully saturated rings. The van der Waals surface area contributed by atoms with Crippen molar-refractivity contribution in [1.82, 2.24) is 10.3 Å². The summed E-state index contributed by atoms with van der Waals surface area (Å²) in [6, 6.07) is 4.84. The second-order valence-corrected chi connectivity index (χ2v) is 5.29. The SMILES string of the molecule is CSC1CCCC1NC(=O)c1cccc(=O)[nH]1. The Kier molecular flexibility index (Phi) is 3.89. The van der Waals surface area contributed by atoms with Crippen molar-refractivity contribution in [3.05, 3.63) is 34.2 Å². The van der Waals surface area contributed by atoms with E-state index in [2.05, 4.69) is 16.6 Å². The first-order valence-corrected chi connectivity index (χ1v) is 7.02. The molecule has 4 nitrogen and oxygen atoms in total. The van der Waals surface area contributed by atoms with E-state index < -0.39 is 0 Å². The Bertz CT molecular complexity index is 458. The van der Waals surface area contributed by atoms with Gasteiger partial charge in [0.05, 0.1) is 0 Å². The van der Waals surface area contributed by atoms with Crippen LogP contribution in [0.2, 0.25) is 0 Å². The molecule has 0 saturated heterocycles. The van der Waals surface area contributed by atoms with Crippen molar-refractivity contribution in [3.8, 4) is 0 Å². The molecule has 1 heterocycles. The maximum Gasteiger partial charge on any atom is 0.268 e. The molecule has 1 aromatic rings. The minimum atomic E-state index is -0.245. The molecule has 2 N–H and O–H groups in total. The Morgan fingerprint density at radius 2 is 2.29 bits per heavy atom. The molecule has 17 heavy (non-hydrogen) atoms. The fraction of sp³-hybridized carbons (Fsp3) is 0.500. The molecule has 1 aromatic heterocycles. The van der Waals surface area contributed by atoms with E-state index in [1.165, 1.54) is 6.07 Å². The lowest BCUT2D eigenvalue weighted by atomic mass is 10.2. The van der Waals surface area contributed by atoms with Gasteiger partial charge in [0.1, 0.15) is 5.69 Å². The van der Waals surface area contributed by atoms with Crippen LogP contribution in [0, 0.1) is 0 Å². The number of hydrogen-bond acceptors (Lipinski definition) is 3. The largest absolute Gasteiger partial charge is 0.347 e. The summed E-state index contributed by atoms with van der Waals surface area (Å²) < 4.78 is 0. The number of aromatic amines is 1. The van der Waals surface area contributed by atoms with Gasteiger partial charge in [0.2, 0.25) is 5.56 Å². The van der Waals surface area contributed by atoms with Crippen molar-refractivity contribution in [2.24, 2.45) is 0 Å². The van der Waals surface area contributed by atoms with Crippen molar-refractivity contribution in [1.29, 1.82) is 0 Å². The third kappa shape index (κ3) is 2.91. The number of amides is 1. The van der Waals surface area contributed by atoms with E-state index in [1.807, 2.05) is 0 Å². The number of H-pyrrole nitrogens is 1. The molecule has 1 aliphatic carbocycles. The van der Waals surface area contributed by atoms with Crippen molar-refractivity contribution < 1.29 is 4.79 Å². The quantitative estimate of drug-likeness (QED) is 0.854. The van der Waals surface area contributed by atoms with Crippen LogP contribution < -0.4 is 10.9 Å². The highest BCUT2D eigenvalue weighted by molar-refractivity contribution is 7.99. The molecule has 5 heteroatoms. The molecular formula is C12H16N2O2S. The van der Waals surface area contributed by atoms with Crippen molar-refractivity contribution in [2.75, 3.05) is 6.26 Å². The first kappa shape index (κ1) is 12.2. The summed E-state index contributed by atoms with van der Waals surface area (Å²) in [6.07, 6.45) is 5.40. The van der Waals surface area contributed by atoms with Crippen LogP contribution in [0.15, 0.2) is 23.0 Å². The van der Waals surface area contributed by atoms with Crippen LogP contribution in [0.5, 0.6) is 0 Å². The molecule has 1 amide bonds. The molecule has 0 aliphatic heterocycles. The van der Waals surface area contributed by atoms with E-state index in [1.54, 1.807) is 23.9 Å². The van der Waals surface area contributed by atoms with Crippen LogP contribution in [-0.2, 0) is 0 Å². The van der Waals surface area contributed by atoms with Gasteiger partial charge in [0.25, 0.3) is 5.91 Å². The topological polar surface area (TPSA) is 62.0 Å². The average molecular weight is 252 g/mol. The normalized spacial score (nSPS) is 23.6. The molecular weight excluding hydrogens is 236 g/mol. The number of carbonyl (C=O) groups is 1. The lowest BCUT2D eigenvalue weighted by Crippen LogP contribution is -2.39. The van der Waals surface area contributed by atoms with Crippen LogP contribution in [0.25, 0.3) is 0 Å². The highest BCUT2D eigenvalue weighted by atomic mass is 32.2. The van der Waals surface area contributed by atoms with E-state index >= 15 is 0 Å². The molecule has 1 aliphatic rings. The average Bonchev–Trinajstić information content (AvgIpc) is 2.76. The maximum atomic E-state index is 11.9. The number of rotatable bonds is 3. The summed E-state index contributed by atoms with van der Waals surface area (Å²) >= 11 is 1.79. The van der Waals surface area contributed by atoms with E-state index in [-0.39, 0.29) is 17.5 Å². The zero-order chi connectivity index (χ0) is 12.3. The number of thioether (sulfide) groups is 1. The zero-order valence-corrected chi connectivity index (χ0v) is 10.5. The van der Waals surface area contributed by atoms with E-state index in [9.17, 15) is 9.59 Å². The summed E-state index contributed by atoms with van der Waals surface area (Å²) in [5.41, 5.74) is 0.0924. The number of carbonyl (C=O) groups excluding carboxylic acids is 1. The minimum absolute atomic E-state index is 0.186. The Hall–Kier alpha value is -1.23. The van der Waals surface area contributed by atoms with Gasteiger partial charge in [-0.15, -0.1) is 0 Å². The van der Waals surface area contributed by atoms with Gasteiger partial charge in [0, 0.05) is 17.4 Å². The van der Waals surface area contributed by atoms with Crippen LogP contribution in [0.4, 0.5) is 0 Å². The molecule has 2 rings (SSSR count). The predicted octanol–water partition coefficient (Wildman–Crippen LogP) is 1.39. The lowest BCUT2D eigenvalue weighted by Gasteiger charge is -2.18. The van der Waals surface area contributed by atoms with E-state index in [0.717, 1.165) is 19.3 Å².